The third kappa shape index (κ3) is 4.26. The molecular weight excluding hydrogens is 379 g/mol. The number of hydrogen-bond acceptors (Lipinski definition) is 5. The molecule has 0 aliphatic carbocycles. The van der Waals surface area contributed by atoms with Crippen molar-refractivity contribution in [3.63, 3.8) is 0 Å². The first kappa shape index (κ1) is 19.0. The highest BCUT2D eigenvalue weighted by Crippen LogP contribution is 2.35. The van der Waals surface area contributed by atoms with Gasteiger partial charge >= 0.3 is 6.18 Å². The molecule has 0 spiro atoms. The Labute approximate surface area is 166 Å². The van der Waals surface area contributed by atoms with Gasteiger partial charge in [0.05, 0.1) is 0 Å². The van der Waals surface area contributed by atoms with Gasteiger partial charge in [0, 0.05) is 30.2 Å². The highest BCUT2D eigenvalue weighted by molar-refractivity contribution is 5.65. The zero-order chi connectivity index (χ0) is 20.4. The van der Waals surface area contributed by atoms with Crippen molar-refractivity contribution in [2.45, 2.75) is 25.6 Å². The van der Waals surface area contributed by atoms with Crippen molar-refractivity contribution in [1.82, 2.24) is 9.97 Å². The van der Waals surface area contributed by atoms with Gasteiger partial charge in [0.25, 0.3) is 0 Å². The zero-order valence-corrected chi connectivity index (χ0v) is 15.7. The van der Waals surface area contributed by atoms with E-state index in [9.17, 15) is 13.2 Å². The van der Waals surface area contributed by atoms with E-state index in [0.29, 0.717) is 0 Å². The molecule has 0 fully saturated rings. The highest BCUT2D eigenvalue weighted by atomic mass is 19.4. The fourth-order valence-electron chi connectivity index (χ4n) is 3.30. The van der Waals surface area contributed by atoms with Gasteiger partial charge in [-0.2, -0.15) is 18.2 Å². The number of rotatable bonds is 5. The second-order valence-electron chi connectivity index (χ2n) is 6.90. The minimum Gasteiger partial charge on any atom is -0.384 e. The first-order chi connectivity index (χ1) is 13.9. The van der Waals surface area contributed by atoms with Crippen molar-refractivity contribution in [2.75, 3.05) is 22.5 Å². The predicted molar refractivity (Wildman–Crippen MR) is 107 cm³/mol. The van der Waals surface area contributed by atoms with E-state index in [4.69, 9.17) is 0 Å². The van der Waals surface area contributed by atoms with Crippen LogP contribution >= 0.6 is 0 Å². The third-order valence-electron chi connectivity index (χ3n) is 4.82. The molecule has 1 aromatic heterocycles. The topological polar surface area (TPSA) is 61.9 Å². The summed E-state index contributed by atoms with van der Waals surface area (Å²) < 4.78 is 40.4. The monoisotopic (exact) mass is 399 g/mol. The molecule has 5 nitrogen and oxygen atoms in total. The molecule has 3 N–H and O–H groups in total. The second-order valence-corrected chi connectivity index (χ2v) is 6.90. The first-order valence-corrected chi connectivity index (χ1v) is 9.30. The van der Waals surface area contributed by atoms with Crippen molar-refractivity contribution >= 4 is 23.1 Å². The summed E-state index contributed by atoms with van der Waals surface area (Å²) in [5.41, 5.74) is 2.92. The molecule has 2 heterocycles. The number of halogens is 3. The third-order valence-corrected chi connectivity index (χ3v) is 4.82. The minimum atomic E-state index is -4.56. The molecule has 1 aliphatic heterocycles. The highest BCUT2D eigenvalue weighted by Gasteiger charge is 2.35. The molecule has 0 amide bonds. The van der Waals surface area contributed by atoms with Crippen molar-refractivity contribution in [2.24, 2.45) is 0 Å². The molecule has 1 atom stereocenters. The van der Waals surface area contributed by atoms with Crippen LogP contribution in [-0.2, 0) is 12.6 Å². The lowest BCUT2D eigenvalue weighted by molar-refractivity contribution is -0.137. The first-order valence-electron chi connectivity index (χ1n) is 9.30. The van der Waals surface area contributed by atoms with Gasteiger partial charge in [-0.15, -0.1) is 0 Å². The van der Waals surface area contributed by atoms with E-state index in [2.05, 4.69) is 25.9 Å². The van der Waals surface area contributed by atoms with Crippen molar-refractivity contribution in [3.8, 4) is 0 Å². The van der Waals surface area contributed by atoms with Crippen LogP contribution < -0.4 is 16.0 Å². The number of anilines is 4. The normalized spacial score (nSPS) is 14.1. The summed E-state index contributed by atoms with van der Waals surface area (Å²) in [6.45, 7) is 2.67. The number of alkyl halides is 3. The lowest BCUT2D eigenvalue weighted by Gasteiger charge is -2.19. The average molecular weight is 399 g/mol. The fraction of sp³-hybridized carbons (Fsp3) is 0.238. The van der Waals surface area contributed by atoms with Gasteiger partial charge in [-0.3, -0.25) is 0 Å². The molecule has 8 heteroatoms. The van der Waals surface area contributed by atoms with Gasteiger partial charge in [0.1, 0.15) is 11.4 Å². The number of hydrogen-bond donors (Lipinski definition) is 3. The van der Waals surface area contributed by atoms with Crippen LogP contribution in [0.5, 0.6) is 0 Å². The quantitative estimate of drug-likeness (QED) is 0.538. The van der Waals surface area contributed by atoms with Gasteiger partial charge < -0.3 is 16.0 Å². The lowest BCUT2D eigenvalue weighted by atomic mass is 10.1. The van der Waals surface area contributed by atoms with Crippen LogP contribution in [0, 0.1) is 0 Å². The Kier molecular flexibility index (Phi) is 5.00. The van der Waals surface area contributed by atoms with E-state index in [1.165, 1.54) is 0 Å². The van der Waals surface area contributed by atoms with Gasteiger partial charge in [0.15, 0.2) is 0 Å². The summed E-state index contributed by atoms with van der Waals surface area (Å²) in [6, 6.07) is 14.6. The maximum Gasteiger partial charge on any atom is 0.421 e. The fourth-order valence-corrected chi connectivity index (χ4v) is 3.30. The standard InChI is InChI=1S/C21H20F3N5/c1-13(14-5-3-2-4-6-14)27-19-17(21(22,23)24)12-26-20(29-19)28-16-7-8-18-15(11-16)9-10-25-18/h2-8,11-13,25H,9-10H2,1H3,(H2,26,27,28,29)/t13-/m1/s1. The largest absolute Gasteiger partial charge is 0.421 e. The predicted octanol–water partition coefficient (Wildman–Crippen LogP) is 5.38. The number of nitrogens with one attached hydrogen (secondary N) is 3. The average Bonchev–Trinajstić information content (AvgIpc) is 3.16. The molecule has 3 aromatic rings. The Hall–Kier alpha value is -3.29. The van der Waals surface area contributed by atoms with Crippen LogP contribution in [0.3, 0.4) is 0 Å². The SMILES string of the molecule is C[C@@H](Nc1nc(Nc2ccc3c(c2)CCN3)ncc1C(F)(F)F)c1ccccc1. The van der Waals surface area contributed by atoms with E-state index < -0.39 is 11.7 Å². The van der Waals surface area contributed by atoms with E-state index in [1.807, 2.05) is 48.5 Å². The van der Waals surface area contributed by atoms with Crippen molar-refractivity contribution < 1.29 is 13.2 Å². The zero-order valence-electron chi connectivity index (χ0n) is 15.7. The van der Waals surface area contributed by atoms with Gasteiger partial charge in [-0.1, -0.05) is 30.3 Å². The Morgan fingerprint density at radius 3 is 2.66 bits per heavy atom. The molecule has 2 aromatic carbocycles. The van der Waals surface area contributed by atoms with Crippen LogP contribution in [0.25, 0.3) is 0 Å². The molecule has 1 aliphatic rings. The van der Waals surface area contributed by atoms with E-state index in [0.717, 1.165) is 41.7 Å². The molecule has 0 unspecified atom stereocenters. The summed E-state index contributed by atoms with van der Waals surface area (Å²) in [6.07, 6.45) is -2.85. The van der Waals surface area contributed by atoms with Crippen molar-refractivity contribution in [1.29, 1.82) is 0 Å². The van der Waals surface area contributed by atoms with Crippen LogP contribution in [0.4, 0.5) is 36.3 Å². The Morgan fingerprint density at radius 2 is 1.90 bits per heavy atom. The molecule has 29 heavy (non-hydrogen) atoms. The Bertz CT molecular complexity index is 1000. The maximum atomic E-state index is 13.5. The number of aromatic nitrogens is 2. The summed E-state index contributed by atoms with van der Waals surface area (Å²) >= 11 is 0. The molecule has 0 saturated heterocycles. The summed E-state index contributed by atoms with van der Waals surface area (Å²) in [5, 5.41) is 9.16. The molecule has 4 rings (SSSR count). The molecule has 0 bridgehead atoms. The van der Waals surface area contributed by atoms with Crippen LogP contribution in [0.1, 0.15) is 29.7 Å². The van der Waals surface area contributed by atoms with E-state index >= 15 is 0 Å². The minimum absolute atomic E-state index is 0.103. The van der Waals surface area contributed by atoms with Crippen molar-refractivity contribution in [3.05, 3.63) is 71.4 Å². The molecule has 0 radical (unpaired) electrons. The van der Waals surface area contributed by atoms with Crippen LogP contribution in [-0.4, -0.2) is 16.5 Å². The Morgan fingerprint density at radius 1 is 1.10 bits per heavy atom. The van der Waals surface area contributed by atoms with Gasteiger partial charge in [0.2, 0.25) is 5.95 Å². The van der Waals surface area contributed by atoms with E-state index in [1.54, 1.807) is 6.92 Å². The molecular formula is C21H20F3N5. The number of nitrogens with zero attached hydrogens (tertiary/aromatic N) is 2. The van der Waals surface area contributed by atoms with Crippen LogP contribution in [0.15, 0.2) is 54.7 Å². The van der Waals surface area contributed by atoms with Gasteiger partial charge in [-0.05, 0) is 42.7 Å². The smallest absolute Gasteiger partial charge is 0.384 e. The molecule has 150 valence electrons. The number of benzene rings is 2. The van der Waals surface area contributed by atoms with Crippen LogP contribution in [0.2, 0.25) is 0 Å². The van der Waals surface area contributed by atoms with E-state index in [-0.39, 0.29) is 17.8 Å². The lowest BCUT2D eigenvalue weighted by Crippen LogP contribution is -2.16. The maximum absolute atomic E-state index is 13.5. The second kappa shape index (κ2) is 7.62. The summed E-state index contributed by atoms with van der Waals surface area (Å²) in [7, 11) is 0. The Balaban J connectivity index is 1.62. The number of fused-ring (bicyclic) bond motifs is 1. The van der Waals surface area contributed by atoms with Gasteiger partial charge in [-0.25, -0.2) is 4.98 Å². The summed E-state index contributed by atoms with van der Waals surface area (Å²) in [5.74, 6) is -0.152. The molecule has 0 saturated carbocycles. The summed E-state index contributed by atoms with van der Waals surface area (Å²) in [4.78, 5) is 8.00.